The van der Waals surface area contributed by atoms with E-state index in [1.807, 2.05) is 26.0 Å². The Labute approximate surface area is 197 Å². The molecule has 0 saturated carbocycles. The molecule has 0 N–H and O–H groups in total. The summed E-state index contributed by atoms with van der Waals surface area (Å²) in [5.74, 6) is -2.91. The van der Waals surface area contributed by atoms with Gasteiger partial charge in [-0.3, -0.25) is 9.78 Å². The van der Waals surface area contributed by atoms with Gasteiger partial charge in [0.05, 0.1) is 11.6 Å². The predicted octanol–water partition coefficient (Wildman–Crippen LogP) is 5.45. The number of carbonyl (C=O) groups excluding carboxylic acids is 1. The quantitative estimate of drug-likeness (QED) is 0.421. The van der Waals surface area contributed by atoms with Crippen LogP contribution in [0.3, 0.4) is 0 Å². The molecule has 1 amide bonds. The number of amides is 1. The van der Waals surface area contributed by atoms with Crippen LogP contribution in [0.4, 0.5) is 8.78 Å². The number of aromatic nitrogens is 2. The van der Waals surface area contributed by atoms with Gasteiger partial charge in [0.15, 0.2) is 0 Å². The fourth-order valence-corrected chi connectivity index (χ4v) is 3.56. The summed E-state index contributed by atoms with van der Waals surface area (Å²) in [5, 5.41) is 9.19. The largest absolute Gasteiger partial charge is 0.475 e. The second-order valence-corrected chi connectivity index (χ2v) is 7.81. The average Bonchev–Trinajstić information content (AvgIpc) is 2.88. The number of rotatable bonds is 9. The van der Waals surface area contributed by atoms with Crippen molar-refractivity contribution in [3.05, 3.63) is 77.7 Å². The normalized spacial score (nSPS) is 12.0. The number of hydrogen-bond donors (Lipinski definition) is 0. The van der Waals surface area contributed by atoms with Crippen LogP contribution < -0.4 is 4.74 Å². The first-order valence-corrected chi connectivity index (χ1v) is 11.0. The number of nitriles is 1. The Kier molecular flexibility index (Phi) is 7.90. The minimum Gasteiger partial charge on any atom is -0.475 e. The van der Waals surface area contributed by atoms with Crippen LogP contribution >= 0.6 is 0 Å². The number of hydrogen-bond acceptors (Lipinski definition) is 5. The van der Waals surface area contributed by atoms with Crippen molar-refractivity contribution in [2.24, 2.45) is 0 Å². The second kappa shape index (κ2) is 10.8. The third-order valence-electron chi connectivity index (χ3n) is 5.54. The summed E-state index contributed by atoms with van der Waals surface area (Å²) in [4.78, 5) is 23.2. The smallest absolute Gasteiger partial charge is 0.274 e. The summed E-state index contributed by atoms with van der Waals surface area (Å²) in [6, 6.07) is 13.3. The Morgan fingerprint density at radius 3 is 2.59 bits per heavy atom. The van der Waals surface area contributed by atoms with Crippen molar-refractivity contribution < 1.29 is 18.3 Å². The van der Waals surface area contributed by atoms with E-state index in [0.717, 1.165) is 6.20 Å². The number of nitrogens with zero attached hydrogens (tertiary/aromatic N) is 4. The molecule has 0 spiro atoms. The number of alkyl halides is 2. The summed E-state index contributed by atoms with van der Waals surface area (Å²) in [6.45, 7) is 5.71. The van der Waals surface area contributed by atoms with Crippen molar-refractivity contribution in [3.63, 3.8) is 0 Å². The molecule has 3 aromatic rings. The van der Waals surface area contributed by atoms with Gasteiger partial charge in [-0.05, 0) is 37.6 Å². The molecule has 2 heterocycles. The summed E-state index contributed by atoms with van der Waals surface area (Å²) in [6.07, 6.45) is 3.90. The summed E-state index contributed by atoms with van der Waals surface area (Å²) < 4.78 is 33.3. The molecule has 34 heavy (non-hydrogen) atoms. The van der Waals surface area contributed by atoms with E-state index < -0.39 is 5.92 Å². The van der Waals surface area contributed by atoms with Gasteiger partial charge in [0.1, 0.15) is 12.7 Å². The zero-order chi connectivity index (χ0) is 24.7. The zero-order valence-corrected chi connectivity index (χ0v) is 19.3. The van der Waals surface area contributed by atoms with E-state index in [0.29, 0.717) is 28.8 Å². The van der Waals surface area contributed by atoms with E-state index >= 15 is 0 Å². The molecule has 1 aromatic carbocycles. The van der Waals surface area contributed by atoms with E-state index in [4.69, 9.17) is 4.74 Å². The van der Waals surface area contributed by atoms with Gasteiger partial charge in [0.25, 0.3) is 11.8 Å². The van der Waals surface area contributed by atoms with Gasteiger partial charge >= 0.3 is 0 Å². The number of ether oxygens (including phenoxy) is 1. The minimum absolute atomic E-state index is 0.143. The summed E-state index contributed by atoms with van der Waals surface area (Å²) >= 11 is 0. The predicted molar refractivity (Wildman–Crippen MR) is 124 cm³/mol. The molecule has 3 rings (SSSR count). The van der Waals surface area contributed by atoms with Crippen molar-refractivity contribution in [1.29, 1.82) is 5.26 Å². The number of carbonyl (C=O) groups is 1. The number of halogens is 2. The molecular weight excluding hydrogens is 438 g/mol. The fourth-order valence-electron chi connectivity index (χ4n) is 3.56. The van der Waals surface area contributed by atoms with Crippen LogP contribution in [0, 0.1) is 11.3 Å². The Morgan fingerprint density at radius 1 is 1.18 bits per heavy atom. The van der Waals surface area contributed by atoms with Crippen molar-refractivity contribution in [1.82, 2.24) is 14.9 Å². The first kappa shape index (κ1) is 24.8. The van der Waals surface area contributed by atoms with Crippen molar-refractivity contribution in [3.8, 4) is 23.1 Å². The highest BCUT2D eigenvalue weighted by Gasteiger charge is 2.29. The topological polar surface area (TPSA) is 79.1 Å². The molecular formula is C26H26F2N4O2. The van der Waals surface area contributed by atoms with Crippen molar-refractivity contribution in [2.45, 2.75) is 39.2 Å². The van der Waals surface area contributed by atoms with E-state index in [1.54, 1.807) is 29.3 Å². The van der Waals surface area contributed by atoms with Gasteiger partial charge in [-0.2, -0.15) is 5.26 Å². The second-order valence-electron chi connectivity index (χ2n) is 7.81. The van der Waals surface area contributed by atoms with Crippen LogP contribution in [-0.2, 0) is 5.92 Å². The lowest BCUT2D eigenvalue weighted by atomic mass is 9.99. The van der Waals surface area contributed by atoms with Crippen molar-refractivity contribution in [2.75, 3.05) is 13.2 Å². The van der Waals surface area contributed by atoms with Gasteiger partial charge in [0, 0.05) is 54.3 Å². The maximum absolute atomic E-state index is 13.8. The summed E-state index contributed by atoms with van der Waals surface area (Å²) in [7, 11) is 0. The molecule has 1 atom stereocenters. The lowest BCUT2D eigenvalue weighted by molar-refractivity contribution is -0.00872. The van der Waals surface area contributed by atoms with Gasteiger partial charge in [0.2, 0.25) is 5.88 Å². The highest BCUT2D eigenvalue weighted by molar-refractivity contribution is 6.01. The van der Waals surface area contributed by atoms with Crippen LogP contribution in [0.1, 0.15) is 48.7 Å². The maximum Gasteiger partial charge on any atom is 0.274 e. The first-order chi connectivity index (χ1) is 16.3. The third kappa shape index (κ3) is 5.54. The Bertz CT molecular complexity index is 1180. The first-order valence-electron chi connectivity index (χ1n) is 11.0. The number of pyridine rings is 2. The van der Waals surface area contributed by atoms with E-state index in [9.17, 15) is 18.8 Å². The molecule has 0 aliphatic heterocycles. The van der Waals surface area contributed by atoms with E-state index in [-0.39, 0.29) is 36.4 Å². The van der Waals surface area contributed by atoms with Gasteiger partial charge in [-0.1, -0.05) is 25.1 Å². The molecule has 0 aliphatic carbocycles. The molecule has 0 saturated heterocycles. The Balaban J connectivity index is 1.75. The third-order valence-corrected chi connectivity index (χ3v) is 5.54. The lowest BCUT2D eigenvalue weighted by Crippen LogP contribution is -2.42. The summed E-state index contributed by atoms with van der Waals surface area (Å²) in [5.41, 5.74) is 2.09. The van der Waals surface area contributed by atoms with E-state index in [1.165, 1.54) is 25.3 Å². The Morgan fingerprint density at radius 2 is 1.94 bits per heavy atom. The van der Waals surface area contributed by atoms with Crippen molar-refractivity contribution >= 4 is 5.91 Å². The molecule has 0 unspecified atom stereocenters. The van der Waals surface area contributed by atoms with Crippen LogP contribution in [0.2, 0.25) is 0 Å². The number of likely N-dealkylation sites (N-methyl/N-ethyl adjacent to an activating group) is 1. The van der Waals surface area contributed by atoms with Crippen LogP contribution in [0.15, 0.2) is 61.1 Å². The molecule has 0 radical (unpaired) electrons. The molecule has 2 aromatic heterocycles. The minimum atomic E-state index is -2.93. The maximum atomic E-state index is 13.8. The SMILES string of the molecule is CCN(C(=O)c1ccccc1-c1cncc(C#N)c1)[C@@H](C)COc1ccc(C(F)(F)CC)cn1. The molecule has 8 heteroatoms. The highest BCUT2D eigenvalue weighted by atomic mass is 19.3. The molecule has 0 aliphatic rings. The molecule has 0 fully saturated rings. The van der Waals surface area contributed by atoms with Crippen LogP contribution in [0.25, 0.3) is 11.1 Å². The molecule has 6 nitrogen and oxygen atoms in total. The monoisotopic (exact) mass is 464 g/mol. The van der Waals surface area contributed by atoms with Crippen LogP contribution in [0.5, 0.6) is 5.88 Å². The zero-order valence-electron chi connectivity index (χ0n) is 19.3. The Hall–Kier alpha value is -3.86. The highest BCUT2D eigenvalue weighted by Crippen LogP contribution is 2.31. The van der Waals surface area contributed by atoms with Crippen LogP contribution in [-0.4, -0.2) is 40.0 Å². The molecule has 0 bridgehead atoms. The van der Waals surface area contributed by atoms with Gasteiger partial charge in [-0.15, -0.1) is 0 Å². The number of benzene rings is 1. The van der Waals surface area contributed by atoms with Gasteiger partial charge < -0.3 is 9.64 Å². The fraction of sp³-hybridized carbons (Fsp3) is 0.308. The lowest BCUT2D eigenvalue weighted by Gasteiger charge is -2.28. The average molecular weight is 465 g/mol. The van der Waals surface area contributed by atoms with E-state index in [2.05, 4.69) is 16.0 Å². The standard InChI is InChI=1S/C26H26F2N4O2/c1-4-26(27,28)21-10-11-24(31-16-21)34-17-18(3)32(5-2)25(33)23-9-7-6-8-22(23)20-12-19(13-29)14-30-15-20/h6-12,14-16,18H,4-5,17H2,1-3H3/t18-/m0/s1. The molecule has 176 valence electrons. The van der Waals surface area contributed by atoms with Gasteiger partial charge in [-0.25, -0.2) is 13.8 Å².